The van der Waals surface area contributed by atoms with Gasteiger partial charge in [0.15, 0.2) is 0 Å². The van der Waals surface area contributed by atoms with Gasteiger partial charge in [-0.1, -0.05) is 6.92 Å². The maximum atomic E-state index is 12.4. The molecule has 0 bridgehead atoms. The number of piperidine rings is 1. The summed E-state index contributed by atoms with van der Waals surface area (Å²) in [5.41, 5.74) is 0.517. The van der Waals surface area contributed by atoms with Crippen LogP contribution in [0.4, 0.5) is 0 Å². The van der Waals surface area contributed by atoms with Crippen LogP contribution >= 0.6 is 11.3 Å². The van der Waals surface area contributed by atoms with Crippen molar-refractivity contribution in [2.45, 2.75) is 27.2 Å². The fourth-order valence-electron chi connectivity index (χ4n) is 2.57. The Hall–Kier alpha value is -1.43. The zero-order valence-electron chi connectivity index (χ0n) is 11.3. The fraction of sp³-hybridized carbons (Fsp3) is 0.615. The number of thiazole rings is 1. The molecule has 1 aromatic heterocycles. The lowest BCUT2D eigenvalue weighted by Gasteiger charge is -2.34. The van der Waals surface area contributed by atoms with Gasteiger partial charge >= 0.3 is 5.97 Å². The summed E-state index contributed by atoms with van der Waals surface area (Å²) in [5, 5.41) is 9.97. The van der Waals surface area contributed by atoms with E-state index in [1.165, 1.54) is 11.3 Å². The zero-order chi connectivity index (χ0) is 14.2. The molecular formula is C13H18N2O3S. The van der Waals surface area contributed by atoms with Gasteiger partial charge in [0.1, 0.15) is 5.69 Å². The highest BCUT2D eigenvalue weighted by atomic mass is 32.1. The number of aromatic nitrogens is 1. The third kappa shape index (κ3) is 2.78. The molecule has 1 amide bonds. The summed E-state index contributed by atoms with van der Waals surface area (Å²) in [6, 6.07) is 0. The van der Waals surface area contributed by atoms with Crippen LogP contribution in [0.25, 0.3) is 0 Å². The lowest BCUT2D eigenvalue weighted by Crippen LogP contribution is -2.45. The van der Waals surface area contributed by atoms with Gasteiger partial charge in [0.25, 0.3) is 5.91 Å². The minimum absolute atomic E-state index is 0.0183. The van der Waals surface area contributed by atoms with Gasteiger partial charge in [-0.05, 0) is 26.2 Å². The third-order valence-electron chi connectivity index (χ3n) is 3.62. The van der Waals surface area contributed by atoms with E-state index in [-0.39, 0.29) is 17.7 Å². The first-order valence-electron chi connectivity index (χ1n) is 6.36. The van der Waals surface area contributed by atoms with Crippen LogP contribution in [0, 0.1) is 25.7 Å². The molecule has 1 aromatic rings. The van der Waals surface area contributed by atoms with Crippen molar-refractivity contribution < 1.29 is 14.7 Å². The van der Waals surface area contributed by atoms with Crippen molar-refractivity contribution in [3.05, 3.63) is 15.6 Å². The largest absolute Gasteiger partial charge is 0.481 e. The summed E-state index contributed by atoms with van der Waals surface area (Å²) < 4.78 is 0. The van der Waals surface area contributed by atoms with Gasteiger partial charge in [-0.3, -0.25) is 9.59 Å². The number of nitrogens with zero attached hydrogens (tertiary/aromatic N) is 2. The first-order chi connectivity index (χ1) is 8.90. The molecule has 2 atom stereocenters. The van der Waals surface area contributed by atoms with Crippen LogP contribution in [0.3, 0.4) is 0 Å². The Kier molecular flexibility index (Phi) is 3.89. The van der Waals surface area contributed by atoms with Crippen molar-refractivity contribution >= 4 is 23.2 Å². The van der Waals surface area contributed by atoms with Crippen LogP contribution in [-0.4, -0.2) is 40.0 Å². The number of carbonyl (C=O) groups excluding carboxylic acids is 1. The van der Waals surface area contributed by atoms with Crippen molar-refractivity contribution in [2.24, 2.45) is 11.8 Å². The fourth-order valence-corrected chi connectivity index (χ4v) is 3.38. The number of rotatable bonds is 2. The minimum atomic E-state index is -0.764. The molecule has 2 unspecified atom stereocenters. The molecule has 19 heavy (non-hydrogen) atoms. The average Bonchev–Trinajstić information content (AvgIpc) is 2.67. The molecule has 2 heterocycles. The zero-order valence-corrected chi connectivity index (χ0v) is 12.2. The third-order valence-corrected chi connectivity index (χ3v) is 4.50. The molecule has 0 radical (unpaired) electrons. The topological polar surface area (TPSA) is 70.5 Å². The smallest absolute Gasteiger partial charge is 0.306 e. The maximum Gasteiger partial charge on any atom is 0.306 e. The van der Waals surface area contributed by atoms with E-state index in [1.54, 1.807) is 4.90 Å². The summed E-state index contributed by atoms with van der Waals surface area (Å²) in [6.45, 7) is 6.65. The van der Waals surface area contributed by atoms with E-state index in [9.17, 15) is 9.59 Å². The summed E-state index contributed by atoms with van der Waals surface area (Å²) in [4.78, 5) is 30.4. The molecule has 0 saturated carbocycles. The Balaban J connectivity index is 2.10. The molecule has 0 aliphatic carbocycles. The highest BCUT2D eigenvalue weighted by Crippen LogP contribution is 2.26. The molecular weight excluding hydrogens is 264 g/mol. The summed E-state index contributed by atoms with van der Waals surface area (Å²) >= 11 is 1.52. The van der Waals surface area contributed by atoms with Gasteiger partial charge in [0.2, 0.25) is 0 Å². The van der Waals surface area contributed by atoms with E-state index in [2.05, 4.69) is 4.98 Å². The van der Waals surface area contributed by atoms with E-state index >= 15 is 0 Å². The molecule has 0 spiro atoms. The lowest BCUT2D eigenvalue weighted by molar-refractivity contribution is -0.145. The Morgan fingerprint density at radius 3 is 2.58 bits per heavy atom. The van der Waals surface area contributed by atoms with E-state index in [1.807, 2.05) is 20.8 Å². The highest BCUT2D eigenvalue weighted by Gasteiger charge is 2.34. The molecule has 1 aliphatic rings. The van der Waals surface area contributed by atoms with Gasteiger partial charge in [0.05, 0.1) is 10.9 Å². The standard InChI is InChI=1S/C13H18N2O3S/c1-7-6-15(5-4-10(7)13(17)18)12(16)11-8(2)19-9(3)14-11/h7,10H,4-6H2,1-3H3,(H,17,18). The second-order valence-electron chi connectivity index (χ2n) is 5.10. The first kappa shape index (κ1) is 14.0. The van der Waals surface area contributed by atoms with Crippen molar-refractivity contribution in [1.82, 2.24) is 9.88 Å². The molecule has 1 aliphatic heterocycles. The highest BCUT2D eigenvalue weighted by molar-refractivity contribution is 7.11. The van der Waals surface area contributed by atoms with Crippen LogP contribution in [0.1, 0.15) is 33.7 Å². The predicted molar refractivity (Wildman–Crippen MR) is 72.4 cm³/mol. The molecule has 104 valence electrons. The average molecular weight is 282 g/mol. The molecule has 2 rings (SSSR count). The van der Waals surface area contributed by atoms with Crippen LogP contribution < -0.4 is 0 Å². The van der Waals surface area contributed by atoms with Gasteiger partial charge in [0, 0.05) is 18.0 Å². The van der Waals surface area contributed by atoms with Crippen LogP contribution in [-0.2, 0) is 4.79 Å². The monoisotopic (exact) mass is 282 g/mol. The SMILES string of the molecule is Cc1nc(C(=O)N2CCC(C(=O)O)C(C)C2)c(C)s1. The Bertz CT molecular complexity index is 512. The molecule has 6 heteroatoms. The van der Waals surface area contributed by atoms with Crippen molar-refractivity contribution in [3.8, 4) is 0 Å². The van der Waals surface area contributed by atoms with Gasteiger partial charge in [-0.15, -0.1) is 11.3 Å². The summed E-state index contributed by atoms with van der Waals surface area (Å²) in [5.74, 6) is -1.20. The van der Waals surface area contributed by atoms with E-state index in [0.29, 0.717) is 25.2 Å². The lowest BCUT2D eigenvalue weighted by atomic mass is 9.87. The molecule has 5 nitrogen and oxygen atoms in total. The first-order valence-corrected chi connectivity index (χ1v) is 7.18. The summed E-state index contributed by atoms with van der Waals surface area (Å²) in [7, 11) is 0. The van der Waals surface area contributed by atoms with Crippen molar-refractivity contribution in [1.29, 1.82) is 0 Å². The Morgan fingerprint density at radius 2 is 2.11 bits per heavy atom. The maximum absolute atomic E-state index is 12.4. The molecule has 0 aromatic carbocycles. The summed E-state index contributed by atoms with van der Waals surface area (Å²) in [6.07, 6.45) is 0.518. The number of aryl methyl sites for hydroxylation is 2. The quantitative estimate of drug-likeness (QED) is 0.900. The number of likely N-dealkylation sites (tertiary alicyclic amines) is 1. The Labute approximate surface area is 116 Å². The molecule has 1 N–H and O–H groups in total. The van der Waals surface area contributed by atoms with E-state index in [0.717, 1.165) is 9.88 Å². The number of carboxylic acid groups (broad SMARTS) is 1. The molecule has 1 saturated heterocycles. The number of aliphatic carboxylic acids is 1. The van der Waals surface area contributed by atoms with E-state index in [4.69, 9.17) is 5.11 Å². The van der Waals surface area contributed by atoms with Gasteiger partial charge in [-0.25, -0.2) is 4.98 Å². The van der Waals surface area contributed by atoms with Crippen LogP contribution in [0.2, 0.25) is 0 Å². The van der Waals surface area contributed by atoms with Gasteiger partial charge in [-0.2, -0.15) is 0 Å². The number of amides is 1. The minimum Gasteiger partial charge on any atom is -0.481 e. The normalized spacial score (nSPS) is 23.4. The van der Waals surface area contributed by atoms with Crippen molar-refractivity contribution in [2.75, 3.05) is 13.1 Å². The number of carboxylic acids is 1. The Morgan fingerprint density at radius 1 is 1.42 bits per heavy atom. The number of hydrogen-bond donors (Lipinski definition) is 1. The van der Waals surface area contributed by atoms with Crippen LogP contribution in [0.5, 0.6) is 0 Å². The van der Waals surface area contributed by atoms with Crippen molar-refractivity contribution in [3.63, 3.8) is 0 Å². The number of hydrogen-bond acceptors (Lipinski definition) is 4. The predicted octanol–water partition coefficient (Wildman–Crippen LogP) is 1.94. The van der Waals surface area contributed by atoms with Gasteiger partial charge < -0.3 is 10.0 Å². The molecule has 1 fully saturated rings. The van der Waals surface area contributed by atoms with E-state index < -0.39 is 5.97 Å². The second-order valence-corrected chi connectivity index (χ2v) is 6.51. The second kappa shape index (κ2) is 5.28. The number of carbonyl (C=O) groups is 2. The van der Waals surface area contributed by atoms with Crippen LogP contribution in [0.15, 0.2) is 0 Å².